The molecule has 0 radical (unpaired) electrons. The molecule has 3 rings (SSSR count). The predicted molar refractivity (Wildman–Crippen MR) is 130 cm³/mol. The van der Waals surface area contributed by atoms with Crippen LogP contribution in [0.2, 0.25) is 5.02 Å². The van der Waals surface area contributed by atoms with E-state index in [4.69, 9.17) is 11.6 Å². The molecule has 1 aromatic heterocycles. The number of carbonyl (C=O) groups is 1. The number of nitrogens with zero attached hydrogens (tertiary/aromatic N) is 3. The van der Waals surface area contributed by atoms with Crippen molar-refractivity contribution in [3.8, 4) is 11.4 Å². The van der Waals surface area contributed by atoms with Crippen molar-refractivity contribution in [3.05, 3.63) is 58.6 Å². The zero-order valence-corrected chi connectivity index (χ0v) is 20.2. The molecule has 0 fully saturated rings. The molecule has 0 aliphatic carbocycles. The number of nitrogens with one attached hydrogen (secondary N) is 1. The first-order chi connectivity index (χ1) is 14.8. The molecular formula is C24H29ClN4OS. The quantitative estimate of drug-likeness (QED) is 0.388. The number of hydrogen-bond acceptors (Lipinski definition) is 4. The number of thioether (sulfide) groups is 1. The molecule has 1 amide bonds. The lowest BCUT2D eigenvalue weighted by Crippen LogP contribution is -2.18. The number of para-hydroxylation sites is 1. The monoisotopic (exact) mass is 456 g/mol. The summed E-state index contributed by atoms with van der Waals surface area (Å²) in [6.07, 6.45) is 0. The van der Waals surface area contributed by atoms with Crippen LogP contribution >= 0.6 is 23.4 Å². The molecule has 0 aliphatic rings. The van der Waals surface area contributed by atoms with Crippen molar-refractivity contribution in [2.24, 2.45) is 0 Å². The summed E-state index contributed by atoms with van der Waals surface area (Å²) >= 11 is 7.52. The number of carbonyl (C=O) groups excluding carboxylic acids is 1. The lowest BCUT2D eigenvalue weighted by atomic mass is 9.92. The minimum Gasteiger partial charge on any atom is -0.325 e. The van der Waals surface area contributed by atoms with Gasteiger partial charge in [-0.15, -0.1) is 10.2 Å². The van der Waals surface area contributed by atoms with Crippen LogP contribution in [-0.4, -0.2) is 26.4 Å². The van der Waals surface area contributed by atoms with Crippen LogP contribution in [0.1, 0.15) is 57.6 Å². The van der Waals surface area contributed by atoms with Crippen LogP contribution in [0, 0.1) is 0 Å². The molecule has 0 saturated heterocycles. The molecule has 3 aromatic rings. The first-order valence-electron chi connectivity index (χ1n) is 10.6. The second-order valence-electron chi connectivity index (χ2n) is 8.02. The Hall–Kier alpha value is -2.31. The summed E-state index contributed by atoms with van der Waals surface area (Å²) in [5.74, 6) is 1.61. The standard InChI is InChI=1S/C24H29ClN4OS/c1-6-29-23(17-9-7-10-18(25)13-17)27-28-24(29)31-14-21(30)26-22-19(15(2)3)11-8-12-20(22)16(4)5/h7-13,15-16H,6,14H2,1-5H3,(H,26,30). The van der Waals surface area contributed by atoms with E-state index in [0.717, 1.165) is 28.2 Å². The SMILES string of the molecule is CCn1c(SCC(=O)Nc2c(C(C)C)cccc2C(C)C)nnc1-c1cccc(Cl)c1. The fourth-order valence-corrected chi connectivity index (χ4v) is 4.52. The van der Waals surface area contributed by atoms with Crippen molar-refractivity contribution in [2.45, 2.75) is 58.2 Å². The number of aromatic nitrogens is 3. The summed E-state index contributed by atoms with van der Waals surface area (Å²) in [5.41, 5.74) is 4.16. The minimum atomic E-state index is -0.0463. The van der Waals surface area contributed by atoms with Crippen LogP contribution in [0.15, 0.2) is 47.6 Å². The zero-order chi connectivity index (χ0) is 22.5. The van der Waals surface area contributed by atoms with Gasteiger partial charge in [0.25, 0.3) is 0 Å². The number of halogens is 1. The van der Waals surface area contributed by atoms with E-state index in [0.29, 0.717) is 28.6 Å². The van der Waals surface area contributed by atoms with Crippen LogP contribution in [0.3, 0.4) is 0 Å². The fraction of sp³-hybridized carbons (Fsp3) is 0.375. The first-order valence-corrected chi connectivity index (χ1v) is 11.9. The van der Waals surface area contributed by atoms with Crippen molar-refractivity contribution >= 4 is 35.0 Å². The lowest BCUT2D eigenvalue weighted by molar-refractivity contribution is -0.113. The Kier molecular flexibility index (Phi) is 7.79. The number of anilines is 1. The molecule has 5 nitrogen and oxygen atoms in total. The van der Waals surface area contributed by atoms with E-state index in [2.05, 4.69) is 61.4 Å². The third-order valence-electron chi connectivity index (χ3n) is 5.09. The molecule has 1 N–H and O–H groups in total. The third-order valence-corrected chi connectivity index (χ3v) is 6.29. The second-order valence-corrected chi connectivity index (χ2v) is 9.40. The Morgan fingerprint density at radius 2 is 1.71 bits per heavy atom. The Balaban J connectivity index is 1.77. The molecule has 7 heteroatoms. The summed E-state index contributed by atoms with van der Waals surface area (Å²) in [6, 6.07) is 13.8. The third kappa shape index (κ3) is 5.49. The Bertz CT molecular complexity index is 1040. The van der Waals surface area contributed by atoms with E-state index in [1.165, 1.54) is 11.8 Å². The molecule has 0 spiro atoms. The molecule has 0 aliphatic heterocycles. The normalized spacial score (nSPS) is 11.4. The molecule has 0 atom stereocenters. The van der Waals surface area contributed by atoms with Crippen LogP contribution in [0.4, 0.5) is 5.69 Å². The van der Waals surface area contributed by atoms with Gasteiger partial charge in [0, 0.05) is 22.8 Å². The van der Waals surface area contributed by atoms with Gasteiger partial charge in [0.05, 0.1) is 5.75 Å². The molecule has 0 bridgehead atoms. The van der Waals surface area contributed by atoms with Crippen molar-refractivity contribution < 1.29 is 4.79 Å². The molecule has 31 heavy (non-hydrogen) atoms. The molecule has 0 unspecified atom stereocenters. The number of hydrogen-bond donors (Lipinski definition) is 1. The first kappa shape index (κ1) is 23.4. The molecule has 0 saturated carbocycles. The van der Waals surface area contributed by atoms with Gasteiger partial charge in [-0.25, -0.2) is 0 Å². The lowest BCUT2D eigenvalue weighted by Gasteiger charge is -2.20. The summed E-state index contributed by atoms with van der Waals surface area (Å²) in [4.78, 5) is 12.8. The Morgan fingerprint density at radius 3 is 2.29 bits per heavy atom. The minimum absolute atomic E-state index is 0.0463. The number of amides is 1. The van der Waals surface area contributed by atoms with E-state index in [1.807, 2.05) is 35.8 Å². The van der Waals surface area contributed by atoms with Gasteiger partial charge in [0.1, 0.15) is 0 Å². The predicted octanol–water partition coefficient (Wildman–Crippen LogP) is 6.60. The van der Waals surface area contributed by atoms with Gasteiger partial charge in [-0.3, -0.25) is 4.79 Å². The Morgan fingerprint density at radius 1 is 1.06 bits per heavy atom. The van der Waals surface area contributed by atoms with Crippen molar-refractivity contribution in [1.82, 2.24) is 14.8 Å². The molecule has 164 valence electrons. The van der Waals surface area contributed by atoms with E-state index in [-0.39, 0.29) is 11.7 Å². The van der Waals surface area contributed by atoms with Crippen LogP contribution in [0.25, 0.3) is 11.4 Å². The topological polar surface area (TPSA) is 59.8 Å². The van der Waals surface area contributed by atoms with Crippen LogP contribution in [-0.2, 0) is 11.3 Å². The average Bonchev–Trinajstić information content (AvgIpc) is 3.15. The van der Waals surface area contributed by atoms with Gasteiger partial charge in [-0.05, 0) is 42.0 Å². The summed E-state index contributed by atoms with van der Waals surface area (Å²) < 4.78 is 2.01. The smallest absolute Gasteiger partial charge is 0.234 e. The second kappa shape index (κ2) is 10.3. The van der Waals surface area contributed by atoms with Gasteiger partial charge < -0.3 is 9.88 Å². The largest absolute Gasteiger partial charge is 0.325 e. The highest BCUT2D eigenvalue weighted by Crippen LogP contribution is 2.33. The highest BCUT2D eigenvalue weighted by Gasteiger charge is 2.18. The molecule has 1 heterocycles. The van der Waals surface area contributed by atoms with E-state index >= 15 is 0 Å². The van der Waals surface area contributed by atoms with Crippen LogP contribution in [0.5, 0.6) is 0 Å². The van der Waals surface area contributed by atoms with Crippen molar-refractivity contribution in [1.29, 1.82) is 0 Å². The van der Waals surface area contributed by atoms with Gasteiger partial charge in [-0.2, -0.15) is 0 Å². The maximum atomic E-state index is 12.8. The Labute approximate surface area is 193 Å². The maximum absolute atomic E-state index is 12.8. The highest BCUT2D eigenvalue weighted by molar-refractivity contribution is 7.99. The van der Waals surface area contributed by atoms with Gasteiger partial charge in [0.2, 0.25) is 5.91 Å². The number of rotatable bonds is 8. The maximum Gasteiger partial charge on any atom is 0.234 e. The van der Waals surface area contributed by atoms with E-state index in [9.17, 15) is 4.79 Å². The number of benzene rings is 2. The van der Waals surface area contributed by atoms with Crippen molar-refractivity contribution in [2.75, 3.05) is 11.1 Å². The van der Waals surface area contributed by atoms with Gasteiger partial charge in [0.15, 0.2) is 11.0 Å². The zero-order valence-electron chi connectivity index (χ0n) is 18.6. The van der Waals surface area contributed by atoms with Crippen molar-refractivity contribution in [3.63, 3.8) is 0 Å². The average molecular weight is 457 g/mol. The van der Waals surface area contributed by atoms with E-state index in [1.54, 1.807) is 0 Å². The van der Waals surface area contributed by atoms with Gasteiger partial charge >= 0.3 is 0 Å². The summed E-state index contributed by atoms with van der Waals surface area (Å²) in [7, 11) is 0. The fourth-order valence-electron chi connectivity index (χ4n) is 3.52. The van der Waals surface area contributed by atoms with Gasteiger partial charge in [-0.1, -0.05) is 81.4 Å². The van der Waals surface area contributed by atoms with Crippen LogP contribution < -0.4 is 5.32 Å². The summed E-state index contributed by atoms with van der Waals surface area (Å²) in [5, 5.41) is 13.2. The molecular weight excluding hydrogens is 428 g/mol. The molecule has 2 aromatic carbocycles. The highest BCUT2D eigenvalue weighted by atomic mass is 35.5. The van der Waals surface area contributed by atoms with E-state index < -0.39 is 0 Å². The summed E-state index contributed by atoms with van der Waals surface area (Å²) in [6.45, 7) is 11.3.